The Bertz CT molecular complexity index is 1230. The van der Waals surface area contributed by atoms with E-state index < -0.39 is 46.0 Å². The molecule has 1 unspecified atom stereocenters. The van der Waals surface area contributed by atoms with Crippen LogP contribution in [0.1, 0.15) is 23.0 Å². The molecule has 0 radical (unpaired) electrons. The zero-order valence-corrected chi connectivity index (χ0v) is 18.5. The average Bonchev–Trinajstić information content (AvgIpc) is 3.23. The van der Waals surface area contributed by atoms with Gasteiger partial charge in [-0.05, 0) is 31.4 Å². The van der Waals surface area contributed by atoms with Crippen molar-refractivity contribution in [3.8, 4) is 5.69 Å². The molecule has 0 aliphatic rings. The number of imidazole rings is 1. The second-order valence-electron chi connectivity index (χ2n) is 6.82. The topological polar surface area (TPSA) is 116 Å². The van der Waals surface area contributed by atoms with E-state index in [2.05, 4.69) is 4.98 Å². The van der Waals surface area contributed by atoms with Gasteiger partial charge in [0.25, 0.3) is 11.6 Å². The third-order valence-corrected chi connectivity index (χ3v) is 5.22. The second kappa shape index (κ2) is 9.95. The second-order valence-corrected chi connectivity index (χ2v) is 7.60. The number of hydrogen-bond acceptors (Lipinski definition) is 7. The Balaban J connectivity index is 1.81. The fourth-order valence-electron chi connectivity index (χ4n) is 2.95. The van der Waals surface area contributed by atoms with Crippen LogP contribution in [-0.2, 0) is 15.7 Å². The number of non-ortho nitro benzene ring substituents is 1. The van der Waals surface area contributed by atoms with Gasteiger partial charge in [0.15, 0.2) is 17.0 Å². The van der Waals surface area contributed by atoms with E-state index in [4.69, 9.17) is 4.74 Å². The van der Waals surface area contributed by atoms with Gasteiger partial charge in [-0.15, -0.1) is 0 Å². The SMILES string of the molecule is CSc1ncc(C(=O)OC(C)C(=O)Nc2ccc([N+](=O)[O-])cc2C(F)(F)F)n1-c1ccccc1. The first-order chi connectivity index (χ1) is 16.0. The Morgan fingerprint density at radius 3 is 2.47 bits per heavy atom. The molecule has 1 amide bonds. The Hall–Kier alpha value is -3.87. The van der Waals surface area contributed by atoms with Crippen molar-refractivity contribution in [3.05, 3.63) is 76.1 Å². The van der Waals surface area contributed by atoms with Crippen LogP contribution in [0.15, 0.2) is 59.9 Å². The first-order valence-corrected chi connectivity index (χ1v) is 10.8. The molecule has 0 saturated heterocycles. The molecule has 0 fully saturated rings. The lowest BCUT2D eigenvalue weighted by molar-refractivity contribution is -0.385. The summed E-state index contributed by atoms with van der Waals surface area (Å²) in [6.07, 6.45) is -3.43. The highest BCUT2D eigenvalue weighted by Crippen LogP contribution is 2.37. The number of anilines is 1. The lowest BCUT2D eigenvalue weighted by Gasteiger charge is -2.17. The zero-order valence-electron chi connectivity index (χ0n) is 17.7. The summed E-state index contributed by atoms with van der Waals surface area (Å²) in [7, 11) is 0. The minimum absolute atomic E-state index is 0.0153. The van der Waals surface area contributed by atoms with E-state index >= 15 is 0 Å². The summed E-state index contributed by atoms with van der Waals surface area (Å²) in [5.74, 6) is -1.97. The number of rotatable bonds is 7. The maximum Gasteiger partial charge on any atom is 0.418 e. The quantitative estimate of drug-likeness (QED) is 0.219. The van der Waals surface area contributed by atoms with Crippen LogP contribution in [-0.4, -0.2) is 38.7 Å². The van der Waals surface area contributed by atoms with Crippen LogP contribution in [0.3, 0.4) is 0 Å². The highest BCUT2D eigenvalue weighted by atomic mass is 32.2. The highest BCUT2D eigenvalue weighted by Gasteiger charge is 2.36. The number of nitro benzene ring substituents is 1. The Kier molecular flexibility index (Phi) is 7.25. The van der Waals surface area contributed by atoms with Crippen molar-refractivity contribution in [1.82, 2.24) is 9.55 Å². The van der Waals surface area contributed by atoms with Gasteiger partial charge in [0, 0.05) is 17.8 Å². The van der Waals surface area contributed by atoms with Crippen molar-refractivity contribution >= 4 is 35.0 Å². The third-order valence-electron chi connectivity index (χ3n) is 4.57. The number of nitrogens with one attached hydrogen (secondary N) is 1. The van der Waals surface area contributed by atoms with E-state index in [0.717, 1.165) is 12.1 Å². The summed E-state index contributed by atoms with van der Waals surface area (Å²) >= 11 is 1.27. The predicted octanol–water partition coefficient (Wildman–Crippen LogP) is 4.71. The normalized spacial score (nSPS) is 12.1. The first-order valence-electron chi connectivity index (χ1n) is 9.57. The van der Waals surface area contributed by atoms with Crippen molar-refractivity contribution in [2.75, 3.05) is 11.6 Å². The van der Waals surface area contributed by atoms with Gasteiger partial charge < -0.3 is 10.1 Å². The standard InChI is InChI=1S/C21H17F3N4O5S/c1-12(18(29)26-16-9-8-14(28(31)32)10-15(16)21(22,23)24)33-19(30)17-11-25-20(34-2)27(17)13-6-4-3-5-7-13/h3-12H,1-2H3,(H,26,29). The number of ether oxygens (including phenoxy) is 1. The smallest absolute Gasteiger partial charge is 0.418 e. The van der Waals surface area contributed by atoms with Gasteiger partial charge >= 0.3 is 12.1 Å². The number of halogens is 3. The Morgan fingerprint density at radius 1 is 1.21 bits per heavy atom. The molecule has 1 N–H and O–H groups in total. The van der Waals surface area contributed by atoms with Crippen LogP contribution < -0.4 is 5.32 Å². The molecular formula is C21H17F3N4O5S. The fourth-order valence-corrected chi connectivity index (χ4v) is 3.49. The van der Waals surface area contributed by atoms with Crippen LogP contribution in [0, 0.1) is 10.1 Å². The number of carbonyl (C=O) groups excluding carboxylic acids is 2. The van der Waals surface area contributed by atoms with Gasteiger partial charge in [-0.3, -0.25) is 19.5 Å². The number of carbonyl (C=O) groups is 2. The molecule has 3 aromatic rings. The number of benzene rings is 2. The molecule has 0 spiro atoms. The number of aromatic nitrogens is 2. The number of nitrogens with zero attached hydrogens (tertiary/aromatic N) is 3. The maximum atomic E-state index is 13.3. The van der Waals surface area contributed by atoms with Gasteiger partial charge in [0.2, 0.25) is 0 Å². The molecule has 13 heteroatoms. The van der Waals surface area contributed by atoms with Gasteiger partial charge in [-0.1, -0.05) is 30.0 Å². The van der Waals surface area contributed by atoms with Crippen LogP contribution in [0.25, 0.3) is 5.69 Å². The van der Waals surface area contributed by atoms with E-state index in [1.807, 2.05) is 5.32 Å². The lowest BCUT2D eigenvalue weighted by Crippen LogP contribution is -2.31. The number of thioether (sulfide) groups is 1. The number of esters is 1. The van der Waals surface area contributed by atoms with Gasteiger partial charge in [0.05, 0.1) is 22.4 Å². The van der Waals surface area contributed by atoms with Crippen LogP contribution in [0.2, 0.25) is 0 Å². The van der Waals surface area contributed by atoms with Gasteiger partial charge in [-0.25, -0.2) is 9.78 Å². The van der Waals surface area contributed by atoms with Crippen LogP contribution in [0.5, 0.6) is 0 Å². The minimum Gasteiger partial charge on any atom is -0.448 e. The van der Waals surface area contributed by atoms with Crippen molar-refractivity contribution < 1.29 is 32.4 Å². The van der Waals surface area contributed by atoms with Gasteiger partial charge in [0.1, 0.15) is 0 Å². The molecule has 1 heterocycles. The summed E-state index contributed by atoms with van der Waals surface area (Å²) in [5.41, 5.74) is -2.26. The largest absolute Gasteiger partial charge is 0.448 e. The minimum atomic E-state index is -4.97. The summed E-state index contributed by atoms with van der Waals surface area (Å²) < 4.78 is 46.7. The zero-order chi connectivity index (χ0) is 25.0. The Morgan fingerprint density at radius 2 is 1.88 bits per heavy atom. The fraction of sp³-hybridized carbons (Fsp3) is 0.190. The molecule has 0 aliphatic carbocycles. The summed E-state index contributed by atoms with van der Waals surface area (Å²) in [6.45, 7) is 1.19. The monoisotopic (exact) mass is 494 g/mol. The molecule has 1 aromatic heterocycles. The van der Waals surface area contributed by atoms with E-state index in [9.17, 15) is 32.9 Å². The van der Waals surface area contributed by atoms with Crippen LogP contribution >= 0.6 is 11.8 Å². The van der Waals surface area contributed by atoms with Crippen molar-refractivity contribution in [2.45, 2.75) is 24.4 Å². The van der Waals surface area contributed by atoms with Crippen LogP contribution in [0.4, 0.5) is 24.5 Å². The molecule has 178 valence electrons. The number of hydrogen-bond donors (Lipinski definition) is 1. The van der Waals surface area contributed by atoms with Crippen molar-refractivity contribution in [1.29, 1.82) is 0 Å². The molecule has 2 aromatic carbocycles. The molecule has 34 heavy (non-hydrogen) atoms. The molecule has 0 aliphatic heterocycles. The molecule has 3 rings (SSSR count). The van der Waals surface area contributed by atoms with E-state index in [-0.39, 0.29) is 5.69 Å². The van der Waals surface area contributed by atoms with Crippen molar-refractivity contribution in [2.24, 2.45) is 0 Å². The lowest BCUT2D eigenvalue weighted by atomic mass is 10.1. The molecule has 0 bridgehead atoms. The van der Waals surface area contributed by atoms with E-state index in [1.165, 1.54) is 29.4 Å². The summed E-state index contributed by atoms with van der Waals surface area (Å²) in [5, 5.41) is 13.3. The Labute approximate surface area is 195 Å². The highest BCUT2D eigenvalue weighted by molar-refractivity contribution is 7.98. The predicted molar refractivity (Wildman–Crippen MR) is 117 cm³/mol. The molecule has 1 atom stereocenters. The summed E-state index contributed by atoms with van der Waals surface area (Å²) in [6, 6.07) is 10.7. The van der Waals surface area contributed by atoms with Gasteiger partial charge in [-0.2, -0.15) is 13.2 Å². The number of amides is 1. The average molecular weight is 494 g/mol. The first kappa shape index (κ1) is 24.8. The number of alkyl halides is 3. The maximum absolute atomic E-state index is 13.3. The molecule has 0 saturated carbocycles. The molecular weight excluding hydrogens is 477 g/mol. The molecule has 9 nitrogen and oxygen atoms in total. The third kappa shape index (κ3) is 5.36. The summed E-state index contributed by atoms with van der Waals surface area (Å²) in [4.78, 5) is 39.2. The van der Waals surface area contributed by atoms with E-state index in [0.29, 0.717) is 16.9 Å². The van der Waals surface area contributed by atoms with E-state index in [1.54, 1.807) is 36.6 Å². The number of para-hydroxylation sites is 1. The van der Waals surface area contributed by atoms with Crippen molar-refractivity contribution in [3.63, 3.8) is 0 Å². The number of nitro groups is 1.